The first-order valence-electron chi connectivity index (χ1n) is 10.5. The number of carbonyl (C=O) groups is 1. The molecule has 27 heavy (non-hydrogen) atoms. The molecule has 1 aromatic carbocycles. The van der Waals surface area contributed by atoms with E-state index in [0.29, 0.717) is 6.54 Å². The number of piperazine rings is 1. The minimum Gasteiger partial charge on any atom is -0.378 e. The molecule has 3 rings (SSSR count). The van der Waals surface area contributed by atoms with Gasteiger partial charge < -0.3 is 15.1 Å². The average molecular weight is 373 g/mol. The van der Waals surface area contributed by atoms with E-state index in [1.807, 2.05) is 0 Å². The maximum Gasteiger partial charge on any atom is 0.223 e. The van der Waals surface area contributed by atoms with Crippen molar-refractivity contribution in [1.29, 1.82) is 0 Å². The minimum absolute atomic E-state index is 0.225. The Bertz CT molecular complexity index is 587. The number of hydrogen-bond acceptors (Lipinski definition) is 4. The van der Waals surface area contributed by atoms with Crippen LogP contribution in [0.2, 0.25) is 0 Å². The maximum atomic E-state index is 12.7. The smallest absolute Gasteiger partial charge is 0.223 e. The molecule has 1 aliphatic heterocycles. The molecule has 5 heteroatoms. The topological polar surface area (TPSA) is 38.8 Å². The van der Waals surface area contributed by atoms with Gasteiger partial charge >= 0.3 is 0 Å². The Labute approximate surface area is 164 Å². The summed E-state index contributed by atoms with van der Waals surface area (Å²) < 4.78 is 0. The van der Waals surface area contributed by atoms with Gasteiger partial charge in [0.05, 0.1) is 6.04 Å². The van der Waals surface area contributed by atoms with E-state index in [1.54, 1.807) is 0 Å². The Morgan fingerprint density at radius 2 is 1.70 bits per heavy atom. The van der Waals surface area contributed by atoms with Crippen molar-refractivity contribution in [3.05, 3.63) is 29.8 Å². The SMILES string of the molecule is CN1CCN(C(CNC(=O)C2CCCCC2)c2ccc(N(C)C)cc2)CC1. The third-order valence-electron chi connectivity index (χ3n) is 6.22. The second-order valence-corrected chi connectivity index (χ2v) is 8.42. The number of nitrogens with one attached hydrogen (secondary N) is 1. The fraction of sp³-hybridized carbons (Fsp3) is 0.682. The van der Waals surface area contributed by atoms with Gasteiger partial charge in [0, 0.05) is 58.4 Å². The van der Waals surface area contributed by atoms with Crippen molar-refractivity contribution in [3.8, 4) is 0 Å². The van der Waals surface area contributed by atoms with Crippen LogP contribution in [0.1, 0.15) is 43.7 Å². The van der Waals surface area contributed by atoms with Crippen molar-refractivity contribution in [1.82, 2.24) is 15.1 Å². The van der Waals surface area contributed by atoms with Gasteiger partial charge in [-0.15, -0.1) is 0 Å². The van der Waals surface area contributed by atoms with Crippen LogP contribution in [0.15, 0.2) is 24.3 Å². The lowest BCUT2D eigenvalue weighted by atomic mass is 9.88. The molecule has 2 aliphatic rings. The Morgan fingerprint density at radius 1 is 1.07 bits per heavy atom. The summed E-state index contributed by atoms with van der Waals surface area (Å²) in [6.45, 7) is 4.98. The molecule has 1 saturated carbocycles. The van der Waals surface area contributed by atoms with Gasteiger partial charge in [-0.2, -0.15) is 0 Å². The molecule has 0 radical (unpaired) electrons. The first-order chi connectivity index (χ1) is 13.0. The van der Waals surface area contributed by atoms with Gasteiger partial charge in [-0.25, -0.2) is 0 Å². The number of hydrogen-bond donors (Lipinski definition) is 1. The Balaban J connectivity index is 1.68. The second-order valence-electron chi connectivity index (χ2n) is 8.42. The van der Waals surface area contributed by atoms with Gasteiger partial charge in [-0.1, -0.05) is 31.4 Å². The van der Waals surface area contributed by atoms with Crippen LogP contribution < -0.4 is 10.2 Å². The molecular formula is C22H36N4O. The van der Waals surface area contributed by atoms with Crippen LogP contribution in [0.4, 0.5) is 5.69 Å². The van der Waals surface area contributed by atoms with Crippen molar-refractivity contribution >= 4 is 11.6 Å². The van der Waals surface area contributed by atoms with E-state index in [9.17, 15) is 4.79 Å². The van der Waals surface area contributed by atoms with Gasteiger partial charge in [0.2, 0.25) is 5.91 Å². The van der Waals surface area contributed by atoms with Crippen LogP contribution in [0, 0.1) is 5.92 Å². The molecule has 5 nitrogen and oxygen atoms in total. The van der Waals surface area contributed by atoms with Crippen LogP contribution in [0.3, 0.4) is 0 Å². The lowest BCUT2D eigenvalue weighted by Gasteiger charge is -2.38. The molecule has 1 unspecified atom stereocenters. The highest BCUT2D eigenvalue weighted by Crippen LogP contribution is 2.26. The van der Waals surface area contributed by atoms with Gasteiger partial charge in [-0.3, -0.25) is 9.69 Å². The Hall–Kier alpha value is -1.59. The Kier molecular flexibility index (Phi) is 7.13. The summed E-state index contributed by atoms with van der Waals surface area (Å²) in [5, 5.41) is 3.29. The highest BCUT2D eigenvalue weighted by atomic mass is 16.1. The standard InChI is InChI=1S/C22H36N4O/c1-24(2)20-11-9-18(10-12-20)21(26-15-13-25(3)14-16-26)17-23-22(27)19-7-5-4-6-8-19/h9-12,19,21H,4-8,13-17H2,1-3H3,(H,23,27). The number of likely N-dealkylation sites (N-methyl/N-ethyl adjacent to an activating group) is 1. The number of nitrogens with zero attached hydrogens (tertiary/aromatic N) is 3. The second kappa shape index (κ2) is 9.56. The van der Waals surface area contributed by atoms with Crippen LogP contribution in [0.5, 0.6) is 0 Å². The summed E-state index contributed by atoms with van der Waals surface area (Å²) in [4.78, 5) is 19.7. The van der Waals surface area contributed by atoms with Crippen LogP contribution >= 0.6 is 0 Å². The van der Waals surface area contributed by atoms with Crippen molar-refractivity contribution in [2.24, 2.45) is 5.92 Å². The van der Waals surface area contributed by atoms with Crippen molar-refractivity contribution in [2.75, 3.05) is 58.8 Å². The average Bonchev–Trinajstić information content (AvgIpc) is 2.70. The first-order valence-corrected chi connectivity index (χ1v) is 10.5. The summed E-state index contributed by atoms with van der Waals surface area (Å²) in [5.74, 6) is 0.488. The molecule has 1 aliphatic carbocycles. The number of rotatable bonds is 6. The summed E-state index contributed by atoms with van der Waals surface area (Å²) in [7, 11) is 6.32. The molecule has 2 fully saturated rings. The number of anilines is 1. The zero-order valence-corrected chi connectivity index (χ0v) is 17.3. The number of benzene rings is 1. The number of amides is 1. The maximum absolute atomic E-state index is 12.7. The summed E-state index contributed by atoms with van der Waals surface area (Å²) >= 11 is 0. The third kappa shape index (κ3) is 5.45. The van der Waals surface area contributed by atoms with Gasteiger partial charge in [-0.05, 0) is 37.6 Å². The minimum atomic E-state index is 0.225. The first kappa shape index (κ1) is 20.2. The van der Waals surface area contributed by atoms with Gasteiger partial charge in [0.25, 0.3) is 0 Å². The number of carbonyl (C=O) groups excluding carboxylic acids is 1. The van der Waals surface area contributed by atoms with Crippen LogP contribution in [-0.2, 0) is 4.79 Å². The molecule has 1 amide bonds. The summed E-state index contributed by atoms with van der Waals surface area (Å²) in [6, 6.07) is 9.07. The zero-order chi connectivity index (χ0) is 19.2. The summed E-state index contributed by atoms with van der Waals surface area (Å²) in [5.41, 5.74) is 2.51. The fourth-order valence-corrected chi connectivity index (χ4v) is 4.29. The predicted molar refractivity (Wildman–Crippen MR) is 112 cm³/mol. The molecule has 0 spiro atoms. The van der Waals surface area contributed by atoms with Crippen molar-refractivity contribution in [2.45, 2.75) is 38.1 Å². The van der Waals surface area contributed by atoms with Crippen molar-refractivity contribution < 1.29 is 4.79 Å². The highest BCUT2D eigenvalue weighted by Gasteiger charge is 2.26. The third-order valence-corrected chi connectivity index (χ3v) is 6.22. The molecule has 1 atom stereocenters. The molecule has 1 aromatic rings. The molecule has 150 valence electrons. The molecule has 1 saturated heterocycles. The molecular weight excluding hydrogens is 336 g/mol. The van der Waals surface area contributed by atoms with E-state index in [4.69, 9.17) is 0 Å². The van der Waals surface area contributed by atoms with E-state index in [-0.39, 0.29) is 17.9 Å². The molecule has 1 N–H and O–H groups in total. The van der Waals surface area contributed by atoms with Crippen molar-refractivity contribution in [3.63, 3.8) is 0 Å². The molecule has 1 heterocycles. The monoisotopic (exact) mass is 372 g/mol. The highest BCUT2D eigenvalue weighted by molar-refractivity contribution is 5.78. The van der Waals surface area contributed by atoms with Crippen LogP contribution in [-0.4, -0.2) is 69.6 Å². The van der Waals surface area contributed by atoms with E-state index >= 15 is 0 Å². The zero-order valence-electron chi connectivity index (χ0n) is 17.3. The quantitative estimate of drug-likeness (QED) is 0.833. The largest absolute Gasteiger partial charge is 0.378 e. The molecule has 0 aromatic heterocycles. The predicted octanol–water partition coefficient (Wildman–Crippen LogP) is 2.74. The Morgan fingerprint density at radius 3 is 2.30 bits per heavy atom. The fourth-order valence-electron chi connectivity index (χ4n) is 4.29. The van der Waals surface area contributed by atoms with E-state index in [2.05, 4.69) is 65.4 Å². The lowest BCUT2D eigenvalue weighted by Crippen LogP contribution is -2.49. The normalized spacial score (nSPS) is 21.0. The molecule has 0 bridgehead atoms. The lowest BCUT2D eigenvalue weighted by molar-refractivity contribution is -0.126. The van der Waals surface area contributed by atoms with E-state index < -0.39 is 0 Å². The van der Waals surface area contributed by atoms with E-state index in [0.717, 1.165) is 39.0 Å². The van der Waals surface area contributed by atoms with Gasteiger partial charge in [0.15, 0.2) is 0 Å². The van der Waals surface area contributed by atoms with Gasteiger partial charge in [0.1, 0.15) is 0 Å². The van der Waals surface area contributed by atoms with Crippen LogP contribution in [0.25, 0.3) is 0 Å². The summed E-state index contributed by atoms with van der Waals surface area (Å²) in [6.07, 6.45) is 5.80. The van der Waals surface area contributed by atoms with E-state index in [1.165, 1.54) is 30.5 Å².